The van der Waals surface area contributed by atoms with Crippen molar-refractivity contribution in [1.82, 2.24) is 20.0 Å². The average molecular weight is 330 g/mol. The van der Waals surface area contributed by atoms with Gasteiger partial charge in [-0.2, -0.15) is 5.10 Å². The van der Waals surface area contributed by atoms with Gasteiger partial charge < -0.3 is 15.3 Å². The molecule has 1 heterocycles. The molecule has 0 saturated carbocycles. The summed E-state index contributed by atoms with van der Waals surface area (Å²) in [5, 5.41) is 16.5. The molecule has 0 saturated heterocycles. The first kappa shape index (κ1) is 18.0. The summed E-state index contributed by atoms with van der Waals surface area (Å²) in [6, 6.07) is 10.0. The zero-order valence-electron chi connectivity index (χ0n) is 14.6. The second kappa shape index (κ2) is 8.49. The van der Waals surface area contributed by atoms with Crippen molar-refractivity contribution in [3.63, 3.8) is 0 Å². The molecule has 0 aliphatic rings. The Bertz CT molecular complexity index is 667. The van der Waals surface area contributed by atoms with Crippen LogP contribution in [0.5, 0.6) is 0 Å². The number of hydrogen-bond acceptors (Lipinski definition) is 3. The fourth-order valence-electron chi connectivity index (χ4n) is 2.70. The number of urea groups is 1. The highest BCUT2D eigenvalue weighted by molar-refractivity contribution is 5.74. The molecule has 0 bridgehead atoms. The van der Waals surface area contributed by atoms with Crippen LogP contribution in [0.15, 0.2) is 30.3 Å². The molecule has 2 amide bonds. The number of benzene rings is 1. The lowest BCUT2D eigenvalue weighted by Crippen LogP contribution is -2.41. The van der Waals surface area contributed by atoms with Crippen molar-refractivity contribution in [3.05, 3.63) is 52.8 Å². The van der Waals surface area contributed by atoms with Crippen LogP contribution in [0.2, 0.25) is 0 Å². The Hall–Kier alpha value is -2.34. The lowest BCUT2D eigenvalue weighted by atomic mass is 10.2. The molecule has 0 atom stereocenters. The number of hydrogen-bond donors (Lipinski definition) is 2. The first-order valence-corrected chi connectivity index (χ1v) is 8.27. The third-order valence-corrected chi connectivity index (χ3v) is 4.16. The molecule has 2 N–H and O–H groups in total. The van der Waals surface area contributed by atoms with Gasteiger partial charge in [0, 0.05) is 30.9 Å². The Balaban J connectivity index is 2.05. The minimum atomic E-state index is -0.166. The highest BCUT2D eigenvalue weighted by Crippen LogP contribution is 2.14. The van der Waals surface area contributed by atoms with Gasteiger partial charge in [-0.1, -0.05) is 30.3 Å². The van der Waals surface area contributed by atoms with E-state index >= 15 is 0 Å². The maximum Gasteiger partial charge on any atom is 0.317 e. The largest absolute Gasteiger partial charge is 0.395 e. The molecular formula is C18H26N4O2. The van der Waals surface area contributed by atoms with Gasteiger partial charge in [-0.15, -0.1) is 0 Å². The van der Waals surface area contributed by atoms with Crippen LogP contribution in [0, 0.1) is 13.8 Å². The number of carbonyl (C=O) groups is 1. The molecule has 0 radical (unpaired) electrons. The number of carbonyl (C=O) groups excluding carboxylic acids is 1. The monoisotopic (exact) mass is 330 g/mol. The van der Waals surface area contributed by atoms with E-state index in [0.29, 0.717) is 26.2 Å². The second-order valence-electron chi connectivity index (χ2n) is 5.75. The molecule has 1 aromatic heterocycles. The summed E-state index contributed by atoms with van der Waals surface area (Å²) in [5.74, 6) is 0. The van der Waals surface area contributed by atoms with E-state index in [9.17, 15) is 4.79 Å². The van der Waals surface area contributed by atoms with Gasteiger partial charge in [0.05, 0.1) is 18.8 Å². The zero-order chi connectivity index (χ0) is 17.5. The fraction of sp³-hybridized carbons (Fsp3) is 0.444. The predicted molar refractivity (Wildman–Crippen MR) is 93.8 cm³/mol. The molecule has 2 aromatic rings. The molecule has 0 fully saturated rings. The number of aryl methyl sites for hydroxylation is 1. The van der Waals surface area contributed by atoms with Gasteiger partial charge in [0.1, 0.15) is 0 Å². The van der Waals surface area contributed by atoms with E-state index in [1.165, 1.54) is 5.56 Å². The maximum absolute atomic E-state index is 12.1. The van der Waals surface area contributed by atoms with Crippen LogP contribution < -0.4 is 5.32 Å². The second-order valence-corrected chi connectivity index (χ2v) is 5.75. The summed E-state index contributed by atoms with van der Waals surface area (Å²) in [6.07, 6.45) is 0. The molecule has 130 valence electrons. The fourth-order valence-corrected chi connectivity index (χ4v) is 2.70. The van der Waals surface area contributed by atoms with E-state index in [0.717, 1.165) is 17.0 Å². The van der Waals surface area contributed by atoms with E-state index in [-0.39, 0.29) is 12.6 Å². The Morgan fingerprint density at radius 1 is 1.29 bits per heavy atom. The Kier molecular flexibility index (Phi) is 6.37. The molecule has 0 aliphatic carbocycles. The summed E-state index contributed by atoms with van der Waals surface area (Å²) >= 11 is 0. The number of rotatable bonds is 7. The normalized spacial score (nSPS) is 10.7. The molecule has 0 aliphatic heterocycles. The minimum Gasteiger partial charge on any atom is -0.395 e. The number of amides is 2. The lowest BCUT2D eigenvalue weighted by Gasteiger charge is -2.20. The molecule has 24 heavy (non-hydrogen) atoms. The topological polar surface area (TPSA) is 70.4 Å². The molecule has 6 heteroatoms. The van der Waals surface area contributed by atoms with E-state index in [1.54, 1.807) is 4.90 Å². The summed E-state index contributed by atoms with van der Waals surface area (Å²) in [7, 11) is 0. The Morgan fingerprint density at radius 2 is 2.00 bits per heavy atom. The molecule has 0 spiro atoms. The highest BCUT2D eigenvalue weighted by Gasteiger charge is 2.15. The van der Waals surface area contributed by atoms with Gasteiger partial charge in [0.25, 0.3) is 0 Å². The van der Waals surface area contributed by atoms with E-state index in [4.69, 9.17) is 5.11 Å². The minimum absolute atomic E-state index is 0.0334. The number of nitrogens with zero attached hydrogens (tertiary/aromatic N) is 3. The molecular weight excluding hydrogens is 304 g/mol. The number of nitrogens with one attached hydrogen (secondary N) is 1. The Morgan fingerprint density at radius 3 is 2.62 bits per heavy atom. The van der Waals surface area contributed by atoms with Crippen LogP contribution in [0.1, 0.15) is 29.4 Å². The third kappa shape index (κ3) is 4.35. The number of aromatic nitrogens is 2. The van der Waals surface area contributed by atoms with E-state index in [1.807, 2.05) is 43.7 Å². The molecule has 6 nitrogen and oxygen atoms in total. The van der Waals surface area contributed by atoms with Crippen LogP contribution in [0.4, 0.5) is 4.79 Å². The van der Waals surface area contributed by atoms with Crippen LogP contribution >= 0.6 is 0 Å². The van der Waals surface area contributed by atoms with Crippen molar-refractivity contribution in [2.24, 2.45) is 0 Å². The first-order valence-electron chi connectivity index (χ1n) is 8.27. The van der Waals surface area contributed by atoms with Crippen LogP contribution in [-0.2, 0) is 13.1 Å². The van der Waals surface area contributed by atoms with Crippen LogP contribution in [-0.4, -0.2) is 45.5 Å². The van der Waals surface area contributed by atoms with Crippen LogP contribution in [0.25, 0.3) is 0 Å². The number of aliphatic hydroxyl groups is 1. The lowest BCUT2D eigenvalue weighted by molar-refractivity contribution is 0.180. The average Bonchev–Trinajstić information content (AvgIpc) is 2.85. The molecule has 2 rings (SSSR count). The van der Waals surface area contributed by atoms with Crippen molar-refractivity contribution in [2.75, 3.05) is 19.7 Å². The summed E-state index contributed by atoms with van der Waals surface area (Å²) in [6.45, 7) is 7.90. The summed E-state index contributed by atoms with van der Waals surface area (Å²) in [5.41, 5.74) is 4.22. The van der Waals surface area contributed by atoms with Gasteiger partial charge in [-0.3, -0.25) is 4.68 Å². The Labute approximate surface area is 143 Å². The molecule has 0 unspecified atom stereocenters. The van der Waals surface area contributed by atoms with Crippen molar-refractivity contribution in [1.29, 1.82) is 0 Å². The van der Waals surface area contributed by atoms with Gasteiger partial charge in [-0.25, -0.2) is 4.79 Å². The van der Waals surface area contributed by atoms with Crippen LogP contribution in [0.3, 0.4) is 0 Å². The van der Waals surface area contributed by atoms with Crippen molar-refractivity contribution in [2.45, 2.75) is 33.9 Å². The van der Waals surface area contributed by atoms with Crippen molar-refractivity contribution >= 4 is 6.03 Å². The maximum atomic E-state index is 12.1. The van der Waals surface area contributed by atoms with E-state index in [2.05, 4.69) is 22.5 Å². The summed E-state index contributed by atoms with van der Waals surface area (Å²) < 4.78 is 1.97. The van der Waals surface area contributed by atoms with Gasteiger partial charge in [0.15, 0.2) is 0 Å². The predicted octanol–water partition coefficient (Wildman–Crippen LogP) is 2.07. The van der Waals surface area contributed by atoms with Gasteiger partial charge >= 0.3 is 6.03 Å². The van der Waals surface area contributed by atoms with E-state index < -0.39 is 0 Å². The highest BCUT2D eigenvalue weighted by atomic mass is 16.3. The quantitative estimate of drug-likeness (QED) is 0.816. The van der Waals surface area contributed by atoms with Crippen molar-refractivity contribution in [3.8, 4) is 0 Å². The van der Waals surface area contributed by atoms with Gasteiger partial charge in [0.2, 0.25) is 0 Å². The first-order chi connectivity index (χ1) is 11.6. The van der Waals surface area contributed by atoms with Gasteiger partial charge in [-0.05, 0) is 26.3 Å². The number of likely N-dealkylation sites (N-methyl/N-ethyl adjacent to an activating group) is 1. The zero-order valence-corrected chi connectivity index (χ0v) is 14.6. The SMILES string of the molecule is CCN(CCO)C(=O)NCc1c(C)nn(Cc2ccccc2)c1C. The smallest absolute Gasteiger partial charge is 0.317 e. The number of aliphatic hydroxyl groups excluding tert-OH is 1. The van der Waals surface area contributed by atoms with Crippen molar-refractivity contribution < 1.29 is 9.90 Å². The standard InChI is InChI=1S/C18H26N4O2/c1-4-21(10-11-23)18(24)19-12-17-14(2)20-22(15(17)3)13-16-8-6-5-7-9-16/h5-9,23H,4,10-13H2,1-3H3,(H,19,24). The third-order valence-electron chi connectivity index (χ3n) is 4.16. The molecule has 1 aromatic carbocycles. The summed E-state index contributed by atoms with van der Waals surface area (Å²) in [4.78, 5) is 13.7.